The molecule has 10 atom stereocenters. The monoisotopic (exact) mass is 436 g/mol. The number of carboxylic acids is 1. The van der Waals surface area contributed by atoms with Gasteiger partial charge in [-0.05, 0) is 98.2 Å². The van der Waals surface area contributed by atoms with Crippen LogP contribution in [0.15, 0.2) is 0 Å². The van der Waals surface area contributed by atoms with Crippen molar-refractivity contribution in [1.82, 2.24) is 0 Å². The van der Waals surface area contributed by atoms with Gasteiger partial charge in [-0.2, -0.15) is 0 Å². The number of aliphatic hydroxyl groups excluding tert-OH is 1. The van der Waals surface area contributed by atoms with Crippen LogP contribution in [-0.2, 0) is 4.79 Å². The largest absolute Gasteiger partial charge is 0.481 e. The van der Waals surface area contributed by atoms with Crippen LogP contribution in [0, 0.1) is 52.3 Å². The van der Waals surface area contributed by atoms with Crippen LogP contribution >= 0.6 is 0 Å². The van der Waals surface area contributed by atoms with Crippen LogP contribution in [0.5, 0.6) is 0 Å². The lowest BCUT2D eigenvalue weighted by atomic mass is 9.40. The lowest BCUT2D eigenvalue weighted by Crippen LogP contribution is -2.69. The molecule has 0 radical (unpaired) electrons. The summed E-state index contributed by atoms with van der Waals surface area (Å²) in [6.45, 7) is 8.99. The summed E-state index contributed by atoms with van der Waals surface area (Å²) in [5.41, 5.74) is -0.454. The molecule has 31 heavy (non-hydrogen) atoms. The van der Waals surface area contributed by atoms with Crippen LogP contribution < -0.4 is 0 Å². The van der Waals surface area contributed by atoms with Gasteiger partial charge in [0.15, 0.2) is 5.79 Å². The molecule has 4 N–H and O–H groups in total. The lowest BCUT2D eigenvalue weighted by Gasteiger charge is -2.66. The van der Waals surface area contributed by atoms with Gasteiger partial charge in [0.2, 0.25) is 0 Å². The molecule has 4 fully saturated rings. The topological polar surface area (TPSA) is 98.0 Å². The molecule has 0 aromatic heterocycles. The molecule has 0 aliphatic heterocycles. The summed E-state index contributed by atoms with van der Waals surface area (Å²) in [5, 5.41) is 42.3. The Morgan fingerprint density at radius 1 is 1.03 bits per heavy atom. The van der Waals surface area contributed by atoms with Crippen LogP contribution in [0.1, 0.15) is 91.9 Å². The second-order valence-electron chi connectivity index (χ2n) is 12.1. The summed E-state index contributed by atoms with van der Waals surface area (Å²) in [6, 6.07) is 0. The Labute approximate surface area is 187 Å². The van der Waals surface area contributed by atoms with Crippen molar-refractivity contribution in [3.8, 4) is 0 Å². The van der Waals surface area contributed by atoms with Crippen LogP contribution in [0.3, 0.4) is 0 Å². The van der Waals surface area contributed by atoms with E-state index in [1.807, 2.05) is 0 Å². The van der Waals surface area contributed by atoms with Crippen molar-refractivity contribution in [3.63, 3.8) is 0 Å². The molecule has 0 aromatic rings. The molecule has 5 nitrogen and oxygen atoms in total. The van der Waals surface area contributed by atoms with Gasteiger partial charge >= 0.3 is 5.97 Å². The van der Waals surface area contributed by atoms with Gasteiger partial charge < -0.3 is 20.4 Å². The zero-order valence-corrected chi connectivity index (χ0v) is 19.9. The average Bonchev–Trinajstić information content (AvgIpc) is 3.07. The summed E-state index contributed by atoms with van der Waals surface area (Å²) in [7, 11) is 0. The molecule has 4 saturated carbocycles. The molecule has 5 heteroatoms. The van der Waals surface area contributed by atoms with E-state index in [4.69, 9.17) is 5.11 Å². The Morgan fingerprint density at radius 3 is 2.35 bits per heavy atom. The third kappa shape index (κ3) is 3.32. The first kappa shape index (κ1) is 23.5. The number of carbonyl (C=O) groups is 1. The van der Waals surface area contributed by atoms with Crippen molar-refractivity contribution in [2.75, 3.05) is 0 Å². The molecule has 4 aliphatic rings. The minimum atomic E-state index is -2.02. The van der Waals surface area contributed by atoms with Gasteiger partial charge in [0.25, 0.3) is 0 Å². The molecule has 0 spiro atoms. The van der Waals surface area contributed by atoms with E-state index in [9.17, 15) is 20.1 Å². The number of hydrogen-bond acceptors (Lipinski definition) is 4. The molecule has 4 aliphatic carbocycles. The van der Waals surface area contributed by atoms with Crippen LogP contribution in [0.25, 0.3) is 0 Å². The molecule has 178 valence electrons. The minimum Gasteiger partial charge on any atom is -0.481 e. The third-order valence-corrected chi connectivity index (χ3v) is 11.2. The van der Waals surface area contributed by atoms with Crippen LogP contribution in [-0.4, -0.2) is 38.3 Å². The molecular weight excluding hydrogens is 392 g/mol. The van der Waals surface area contributed by atoms with E-state index in [2.05, 4.69) is 27.7 Å². The third-order valence-electron chi connectivity index (χ3n) is 11.2. The lowest BCUT2D eigenvalue weighted by molar-refractivity contribution is -0.356. The first-order valence-corrected chi connectivity index (χ1v) is 12.8. The Hall–Kier alpha value is -0.650. The first-order valence-electron chi connectivity index (χ1n) is 12.8. The van der Waals surface area contributed by atoms with Crippen molar-refractivity contribution in [3.05, 3.63) is 0 Å². The number of rotatable bonds is 5. The second-order valence-corrected chi connectivity index (χ2v) is 12.1. The highest BCUT2D eigenvalue weighted by molar-refractivity contribution is 5.66. The quantitative estimate of drug-likeness (QED) is 0.478. The van der Waals surface area contributed by atoms with E-state index in [-0.39, 0.29) is 23.7 Å². The Kier molecular flexibility index (Phi) is 6.06. The first-order chi connectivity index (χ1) is 14.5. The van der Waals surface area contributed by atoms with E-state index in [1.165, 1.54) is 12.8 Å². The van der Waals surface area contributed by atoms with Gasteiger partial charge in [-0.3, -0.25) is 4.79 Å². The molecular formula is C26H44O5. The Morgan fingerprint density at radius 2 is 1.71 bits per heavy atom. The van der Waals surface area contributed by atoms with Crippen molar-refractivity contribution < 1.29 is 25.2 Å². The van der Waals surface area contributed by atoms with Gasteiger partial charge in [-0.15, -0.1) is 0 Å². The van der Waals surface area contributed by atoms with E-state index < -0.39 is 23.3 Å². The van der Waals surface area contributed by atoms with Crippen LogP contribution in [0.2, 0.25) is 0 Å². The molecule has 0 aromatic carbocycles. The summed E-state index contributed by atoms with van der Waals surface area (Å²) < 4.78 is 0. The molecule has 4 rings (SSSR count). The SMILES string of the molecule is CC[C@H]1C[C@H]2[C@@H]3CC[C@H]([C@H](C)CCC(=O)O)[C@@]3(C)CC[C@@H]2[C@]2(C)[C@H]1CCC(O)C2(O)O. The maximum absolute atomic E-state index is 11.3. The fraction of sp³-hybridized carbons (Fsp3) is 0.962. The summed E-state index contributed by atoms with van der Waals surface area (Å²) in [6.07, 6.45) is 7.91. The highest BCUT2D eigenvalue weighted by Crippen LogP contribution is 2.70. The van der Waals surface area contributed by atoms with E-state index in [0.29, 0.717) is 36.0 Å². The number of fused-ring (bicyclic) bond motifs is 5. The van der Waals surface area contributed by atoms with Crippen LogP contribution in [0.4, 0.5) is 0 Å². The Balaban J connectivity index is 1.64. The summed E-state index contributed by atoms with van der Waals surface area (Å²) >= 11 is 0. The Bertz CT molecular complexity index is 691. The fourth-order valence-corrected chi connectivity index (χ4v) is 9.60. The normalized spacial score (nSPS) is 49.6. The molecule has 0 heterocycles. The summed E-state index contributed by atoms with van der Waals surface area (Å²) in [4.78, 5) is 11.1. The van der Waals surface area contributed by atoms with Crippen molar-refractivity contribution >= 4 is 5.97 Å². The van der Waals surface area contributed by atoms with E-state index >= 15 is 0 Å². The van der Waals surface area contributed by atoms with Gasteiger partial charge in [-0.1, -0.05) is 34.1 Å². The molecule has 0 bridgehead atoms. The maximum atomic E-state index is 11.3. The van der Waals surface area contributed by atoms with Crippen molar-refractivity contribution in [1.29, 1.82) is 0 Å². The number of aliphatic hydroxyl groups is 3. The molecule has 0 saturated heterocycles. The van der Waals surface area contributed by atoms with E-state index in [0.717, 1.165) is 38.5 Å². The average molecular weight is 437 g/mol. The maximum Gasteiger partial charge on any atom is 0.303 e. The van der Waals surface area contributed by atoms with Gasteiger partial charge in [0.1, 0.15) is 6.10 Å². The second kappa shape index (κ2) is 7.99. The minimum absolute atomic E-state index is 0.210. The fourth-order valence-electron chi connectivity index (χ4n) is 9.60. The van der Waals surface area contributed by atoms with Gasteiger partial charge in [0.05, 0.1) is 0 Å². The zero-order chi connectivity index (χ0) is 22.8. The highest BCUT2D eigenvalue weighted by Gasteiger charge is 2.69. The number of carboxylic acid groups (broad SMARTS) is 1. The number of aliphatic carboxylic acids is 1. The molecule has 1 unspecified atom stereocenters. The number of hydrogen-bond donors (Lipinski definition) is 4. The van der Waals surface area contributed by atoms with E-state index in [1.54, 1.807) is 0 Å². The predicted molar refractivity (Wildman–Crippen MR) is 119 cm³/mol. The standard InChI is InChI=1S/C26H44O5/c1-5-16-14-17-20-8-7-18(15(2)6-11-23(28)29)24(20,3)13-12-21(17)25(4)19(16)9-10-22(27)26(25,30)31/h15-22,27,30-31H,5-14H2,1-4H3,(H,28,29)/t15-,16+,17+,18-,19+,20+,21+,22?,24-,25+/m1/s1. The summed E-state index contributed by atoms with van der Waals surface area (Å²) in [5.74, 6) is 0.220. The van der Waals surface area contributed by atoms with Gasteiger partial charge in [-0.25, -0.2) is 0 Å². The zero-order valence-electron chi connectivity index (χ0n) is 19.9. The highest BCUT2D eigenvalue weighted by atomic mass is 16.5. The van der Waals surface area contributed by atoms with Crippen molar-refractivity contribution in [2.45, 2.75) is 104 Å². The smallest absolute Gasteiger partial charge is 0.303 e. The predicted octanol–water partition coefficient (Wildman–Crippen LogP) is 4.43. The van der Waals surface area contributed by atoms with Crippen molar-refractivity contribution in [2.24, 2.45) is 52.3 Å². The van der Waals surface area contributed by atoms with Gasteiger partial charge in [0, 0.05) is 11.8 Å². The molecule has 0 amide bonds.